The second kappa shape index (κ2) is 6.01. The van der Waals surface area contributed by atoms with E-state index >= 15 is 0 Å². The number of hydrogen-bond donors (Lipinski definition) is 2. The van der Waals surface area contributed by atoms with E-state index in [0.29, 0.717) is 35.2 Å². The molecule has 1 aromatic rings. The number of alkyl halides is 1. The molecule has 0 aromatic heterocycles. The summed E-state index contributed by atoms with van der Waals surface area (Å²) in [4.78, 5) is 13.7. The topological polar surface area (TPSA) is 55.1 Å². The molecule has 3 N–H and O–H groups in total. The van der Waals surface area contributed by atoms with Crippen LogP contribution in [0.1, 0.15) is 69.8 Å². The Morgan fingerprint density at radius 1 is 1.03 bits per heavy atom. The van der Waals surface area contributed by atoms with Gasteiger partial charge in [-0.15, -0.1) is 11.6 Å². The van der Waals surface area contributed by atoms with E-state index in [1.807, 2.05) is 0 Å². The van der Waals surface area contributed by atoms with Gasteiger partial charge in [0.25, 0.3) is 0 Å². The van der Waals surface area contributed by atoms with Crippen LogP contribution < -0.4 is 11.1 Å². The van der Waals surface area contributed by atoms with Crippen molar-refractivity contribution >= 4 is 17.5 Å². The fourth-order valence-corrected chi connectivity index (χ4v) is 9.37. The highest BCUT2D eigenvalue weighted by Crippen LogP contribution is 2.76. The van der Waals surface area contributed by atoms with Gasteiger partial charge in [0.1, 0.15) is 0 Å². The minimum absolute atomic E-state index is 0.179. The molecule has 1 spiro atoms. The number of rotatable bonds is 5. The van der Waals surface area contributed by atoms with E-state index < -0.39 is 0 Å². The maximum atomic E-state index is 13.7. The van der Waals surface area contributed by atoms with E-state index in [4.69, 9.17) is 17.3 Å². The lowest BCUT2D eigenvalue weighted by atomic mass is 9.52. The lowest BCUT2D eigenvalue weighted by Crippen LogP contribution is -2.61. The molecule has 3 nitrogen and oxygen atoms in total. The van der Waals surface area contributed by atoms with Crippen molar-refractivity contribution in [2.45, 2.75) is 81.7 Å². The molecule has 1 aromatic carbocycles. The van der Waals surface area contributed by atoms with Gasteiger partial charge in [-0.2, -0.15) is 0 Å². The van der Waals surface area contributed by atoms with Crippen LogP contribution in [0.25, 0.3) is 0 Å². The van der Waals surface area contributed by atoms with Gasteiger partial charge in [0.2, 0.25) is 5.91 Å². The quantitative estimate of drug-likeness (QED) is 0.698. The number of amides is 1. The van der Waals surface area contributed by atoms with E-state index in [1.165, 1.54) is 18.4 Å². The number of nitrogens with two attached hydrogens (primary N) is 1. The van der Waals surface area contributed by atoms with Crippen molar-refractivity contribution in [1.29, 1.82) is 0 Å². The highest BCUT2D eigenvalue weighted by atomic mass is 35.5. The van der Waals surface area contributed by atoms with Crippen molar-refractivity contribution in [3.8, 4) is 0 Å². The molecule has 4 atom stereocenters. The predicted molar refractivity (Wildman–Crippen MR) is 116 cm³/mol. The summed E-state index contributed by atoms with van der Waals surface area (Å²) in [5.74, 6) is 1.69. The molecule has 29 heavy (non-hydrogen) atoms. The van der Waals surface area contributed by atoms with Crippen LogP contribution in [0.15, 0.2) is 30.3 Å². The Kier molecular flexibility index (Phi) is 3.87. The molecule has 6 aliphatic carbocycles. The summed E-state index contributed by atoms with van der Waals surface area (Å²) in [5.41, 5.74) is 8.20. The molecule has 2 unspecified atom stereocenters. The van der Waals surface area contributed by atoms with E-state index in [2.05, 4.69) is 35.6 Å². The second-order valence-electron chi connectivity index (χ2n) is 11.6. The number of halogens is 1. The maximum Gasteiger partial charge on any atom is 0.226 e. The molecule has 0 heterocycles. The summed E-state index contributed by atoms with van der Waals surface area (Å²) in [6.07, 6.45) is 11.3. The van der Waals surface area contributed by atoms with Crippen LogP contribution in [0.3, 0.4) is 0 Å². The third-order valence-corrected chi connectivity index (χ3v) is 9.88. The molecule has 0 saturated heterocycles. The van der Waals surface area contributed by atoms with Gasteiger partial charge in [-0.25, -0.2) is 0 Å². The Bertz CT molecular complexity index is 828. The summed E-state index contributed by atoms with van der Waals surface area (Å²) in [5, 5.41) is 3.50. The summed E-state index contributed by atoms with van der Waals surface area (Å²) in [6, 6.07) is 11.8. The van der Waals surface area contributed by atoms with Crippen molar-refractivity contribution in [1.82, 2.24) is 5.32 Å². The summed E-state index contributed by atoms with van der Waals surface area (Å²) in [6.45, 7) is 0. The highest BCUT2D eigenvalue weighted by Gasteiger charge is 2.71. The second-order valence-corrected chi connectivity index (χ2v) is 12.0. The Morgan fingerprint density at radius 2 is 1.79 bits per heavy atom. The third-order valence-electron chi connectivity index (χ3n) is 9.70. The van der Waals surface area contributed by atoms with Gasteiger partial charge in [0.15, 0.2) is 0 Å². The van der Waals surface area contributed by atoms with Gasteiger partial charge in [-0.05, 0) is 91.9 Å². The number of hydrogen-bond acceptors (Lipinski definition) is 2. The van der Waals surface area contributed by atoms with Gasteiger partial charge in [-0.1, -0.05) is 30.3 Å². The van der Waals surface area contributed by atoms with Crippen molar-refractivity contribution in [2.24, 2.45) is 27.9 Å². The Balaban J connectivity index is 1.25. The highest BCUT2D eigenvalue weighted by molar-refractivity contribution is 6.17. The molecule has 4 heteroatoms. The summed E-state index contributed by atoms with van der Waals surface area (Å²) >= 11 is 6.27. The molecule has 0 radical (unpaired) electrons. The van der Waals surface area contributed by atoms with Crippen LogP contribution in [0, 0.1) is 22.2 Å². The minimum atomic E-state index is -0.179. The van der Waals surface area contributed by atoms with Crippen molar-refractivity contribution in [3.05, 3.63) is 35.9 Å². The fraction of sp³-hybridized carbons (Fsp3) is 0.720. The van der Waals surface area contributed by atoms with Gasteiger partial charge in [0, 0.05) is 18.0 Å². The third kappa shape index (κ3) is 2.56. The van der Waals surface area contributed by atoms with Gasteiger partial charge in [0.05, 0.1) is 5.41 Å². The molecular formula is C25H33ClN2O. The first-order chi connectivity index (χ1) is 13.9. The molecule has 6 aliphatic rings. The van der Waals surface area contributed by atoms with E-state index in [0.717, 1.165) is 51.4 Å². The van der Waals surface area contributed by atoms with Gasteiger partial charge in [-0.3, -0.25) is 4.79 Å². The van der Waals surface area contributed by atoms with E-state index in [1.54, 1.807) is 0 Å². The molecule has 0 aliphatic heterocycles. The van der Waals surface area contributed by atoms with Crippen LogP contribution in [0.4, 0.5) is 0 Å². The lowest BCUT2D eigenvalue weighted by molar-refractivity contribution is -0.140. The normalized spacial score (nSPS) is 49.1. The number of benzene rings is 1. The first kappa shape index (κ1) is 18.7. The van der Waals surface area contributed by atoms with Crippen LogP contribution in [-0.2, 0) is 10.2 Å². The first-order valence-corrected chi connectivity index (χ1v) is 12.1. The minimum Gasteiger partial charge on any atom is -0.353 e. The molecule has 6 saturated carbocycles. The average molecular weight is 413 g/mol. The zero-order chi connectivity index (χ0) is 19.9. The van der Waals surface area contributed by atoms with E-state index in [-0.39, 0.29) is 16.2 Å². The SMILES string of the molecule is NC1CC2(C1)CC(NC(=O)C13CC4C[C@@](CCCl)(C1)C[C@@]4(c1ccccc1)C3)C2. The standard InChI is InChI=1S/C25H33ClN2O/c26-7-6-22-8-18-9-24(14-22,16-25(18,15-22)17-4-2-1-3-5-17)21(29)28-20-12-23(13-20)10-19(27)11-23/h1-5,18-20H,6-16,27H2,(H,28,29)/t18?,19?,20?,22-,23?,24?,25-/m0/s1. The predicted octanol–water partition coefficient (Wildman–Crippen LogP) is 4.52. The number of nitrogens with one attached hydrogen (secondary N) is 1. The fourth-order valence-electron chi connectivity index (χ4n) is 8.97. The molecule has 7 rings (SSSR count). The van der Waals surface area contributed by atoms with Crippen LogP contribution in [-0.4, -0.2) is 23.9 Å². The Hall–Kier alpha value is -1.06. The monoisotopic (exact) mass is 412 g/mol. The van der Waals surface area contributed by atoms with Crippen LogP contribution in [0.5, 0.6) is 0 Å². The zero-order valence-electron chi connectivity index (χ0n) is 17.3. The largest absolute Gasteiger partial charge is 0.353 e. The molecule has 1 amide bonds. The van der Waals surface area contributed by atoms with Crippen molar-refractivity contribution in [2.75, 3.05) is 5.88 Å². The first-order valence-electron chi connectivity index (χ1n) is 11.6. The molecule has 6 fully saturated rings. The van der Waals surface area contributed by atoms with Gasteiger partial charge < -0.3 is 11.1 Å². The number of carbonyl (C=O) groups excluding carboxylic acids is 1. The smallest absolute Gasteiger partial charge is 0.226 e. The van der Waals surface area contributed by atoms with Gasteiger partial charge >= 0.3 is 0 Å². The maximum absolute atomic E-state index is 13.7. The Labute approximate surface area is 179 Å². The Morgan fingerprint density at radius 3 is 2.48 bits per heavy atom. The molecule has 4 bridgehead atoms. The van der Waals surface area contributed by atoms with E-state index in [9.17, 15) is 4.79 Å². The number of carbonyl (C=O) groups is 1. The average Bonchev–Trinajstić information content (AvgIpc) is 3.01. The van der Waals surface area contributed by atoms with Crippen molar-refractivity contribution < 1.29 is 4.79 Å². The zero-order valence-corrected chi connectivity index (χ0v) is 18.0. The summed E-state index contributed by atoms with van der Waals surface area (Å²) < 4.78 is 0. The molecule has 156 valence electrons. The van der Waals surface area contributed by atoms with Crippen LogP contribution in [0.2, 0.25) is 0 Å². The summed E-state index contributed by atoms with van der Waals surface area (Å²) in [7, 11) is 0. The van der Waals surface area contributed by atoms with Crippen molar-refractivity contribution in [3.63, 3.8) is 0 Å². The van der Waals surface area contributed by atoms with Crippen LogP contribution >= 0.6 is 11.6 Å². The lowest BCUT2D eigenvalue weighted by Gasteiger charge is -2.57. The molecular weight excluding hydrogens is 380 g/mol.